The van der Waals surface area contributed by atoms with Gasteiger partial charge in [0.15, 0.2) is 4.77 Å². The number of hydrogen-bond acceptors (Lipinski definition) is 2. The molecule has 0 aliphatic heterocycles. The van der Waals surface area contributed by atoms with Crippen LogP contribution < -0.4 is 0 Å². The minimum atomic E-state index is 0.647. The quantitative estimate of drug-likeness (QED) is 0.677. The number of aromatic amines is 1. The molecule has 0 atom stereocenters. The third-order valence-corrected chi connectivity index (χ3v) is 3.09. The average molecular weight is 262 g/mol. The van der Waals surface area contributed by atoms with Gasteiger partial charge in [-0.2, -0.15) is 0 Å². The Bertz CT molecular complexity index is 730. The van der Waals surface area contributed by atoms with Crippen LogP contribution in [0, 0.1) is 4.77 Å². The summed E-state index contributed by atoms with van der Waals surface area (Å²) in [5.74, 6) is 0. The summed E-state index contributed by atoms with van der Waals surface area (Å²) < 4.78 is 2.59. The van der Waals surface area contributed by atoms with Crippen molar-refractivity contribution in [2.45, 2.75) is 0 Å². The number of pyridine rings is 1. The van der Waals surface area contributed by atoms with Gasteiger partial charge in [-0.3, -0.25) is 9.55 Å². The van der Waals surface area contributed by atoms with Gasteiger partial charge in [-0.25, -0.2) is 0 Å². The zero-order chi connectivity index (χ0) is 11.8. The number of halogens is 1. The summed E-state index contributed by atoms with van der Waals surface area (Å²) >= 11 is 11.3. The van der Waals surface area contributed by atoms with Gasteiger partial charge in [0, 0.05) is 17.4 Å². The molecular formula is C12H8ClN3S. The van der Waals surface area contributed by atoms with E-state index >= 15 is 0 Å². The molecule has 3 rings (SSSR count). The Morgan fingerprint density at radius 2 is 1.94 bits per heavy atom. The van der Waals surface area contributed by atoms with E-state index in [9.17, 15) is 0 Å². The lowest BCUT2D eigenvalue weighted by Gasteiger charge is -2.03. The molecule has 2 heterocycles. The summed E-state index contributed by atoms with van der Waals surface area (Å²) in [7, 11) is 0. The monoisotopic (exact) mass is 261 g/mol. The van der Waals surface area contributed by atoms with Crippen LogP contribution in [0.1, 0.15) is 0 Å². The predicted octanol–water partition coefficient (Wildman–Crippen LogP) is 3.74. The van der Waals surface area contributed by atoms with Gasteiger partial charge >= 0.3 is 0 Å². The van der Waals surface area contributed by atoms with Crippen molar-refractivity contribution in [1.29, 1.82) is 0 Å². The largest absolute Gasteiger partial charge is 0.330 e. The topological polar surface area (TPSA) is 33.6 Å². The number of benzene rings is 1. The lowest BCUT2D eigenvalue weighted by atomic mass is 10.3. The molecule has 0 amide bonds. The number of nitrogens with one attached hydrogen (secondary N) is 1. The number of aromatic nitrogens is 3. The van der Waals surface area contributed by atoms with Gasteiger partial charge in [0.05, 0.1) is 16.7 Å². The molecule has 3 nitrogen and oxygen atoms in total. The summed E-state index contributed by atoms with van der Waals surface area (Å²) in [6.07, 6.45) is 3.47. The number of H-pyrrole nitrogens is 1. The van der Waals surface area contributed by atoms with E-state index in [4.69, 9.17) is 23.8 Å². The van der Waals surface area contributed by atoms with Crippen LogP contribution in [-0.2, 0) is 0 Å². The highest BCUT2D eigenvalue weighted by Gasteiger charge is 2.06. The van der Waals surface area contributed by atoms with Crippen molar-refractivity contribution in [3.8, 4) is 5.69 Å². The Hall–Kier alpha value is -1.65. The summed E-state index contributed by atoms with van der Waals surface area (Å²) in [5.41, 5.74) is 2.91. The maximum atomic E-state index is 6.01. The molecule has 0 saturated heterocycles. The van der Waals surface area contributed by atoms with E-state index in [-0.39, 0.29) is 0 Å². The first-order chi connectivity index (χ1) is 8.25. The summed E-state index contributed by atoms with van der Waals surface area (Å²) in [6.45, 7) is 0. The summed E-state index contributed by atoms with van der Waals surface area (Å²) in [6, 6.07) is 9.47. The molecule has 1 N–H and O–H groups in total. The molecule has 0 unspecified atom stereocenters. The fourth-order valence-electron chi connectivity index (χ4n) is 1.83. The molecule has 3 aromatic rings. The molecule has 0 aliphatic carbocycles. The highest BCUT2D eigenvalue weighted by atomic mass is 35.5. The van der Waals surface area contributed by atoms with Crippen molar-refractivity contribution in [1.82, 2.24) is 14.5 Å². The Balaban J connectivity index is 2.40. The lowest BCUT2D eigenvalue weighted by Crippen LogP contribution is -1.93. The molecule has 17 heavy (non-hydrogen) atoms. The van der Waals surface area contributed by atoms with Crippen LogP contribution in [0.2, 0.25) is 5.02 Å². The zero-order valence-electron chi connectivity index (χ0n) is 8.72. The number of hydrogen-bond donors (Lipinski definition) is 1. The first-order valence-electron chi connectivity index (χ1n) is 5.06. The number of fused-ring (bicyclic) bond motifs is 1. The van der Waals surface area contributed by atoms with Gasteiger partial charge in [0.1, 0.15) is 0 Å². The van der Waals surface area contributed by atoms with Crippen molar-refractivity contribution in [2.75, 3.05) is 0 Å². The minimum Gasteiger partial charge on any atom is -0.330 e. The molecular weight excluding hydrogens is 254 g/mol. The standard InChI is InChI=1S/C12H8ClN3S/c13-8-1-2-10-11(7-8)16(12(17)15-10)9-3-5-14-6-4-9/h1-7H,(H,15,17). The van der Waals surface area contributed by atoms with Gasteiger partial charge in [-0.15, -0.1) is 0 Å². The number of nitrogens with zero attached hydrogens (tertiary/aromatic N) is 2. The Morgan fingerprint density at radius 3 is 2.71 bits per heavy atom. The highest BCUT2D eigenvalue weighted by molar-refractivity contribution is 7.71. The van der Waals surface area contributed by atoms with Gasteiger partial charge in [-0.05, 0) is 42.5 Å². The van der Waals surface area contributed by atoms with Gasteiger partial charge in [0.25, 0.3) is 0 Å². The van der Waals surface area contributed by atoms with Crippen molar-refractivity contribution in [3.05, 3.63) is 52.5 Å². The number of imidazole rings is 1. The first kappa shape index (κ1) is 10.5. The molecule has 0 spiro atoms. The summed E-state index contributed by atoms with van der Waals surface area (Å²) in [4.78, 5) is 7.15. The second kappa shape index (κ2) is 3.98. The highest BCUT2D eigenvalue weighted by Crippen LogP contribution is 2.22. The number of rotatable bonds is 1. The van der Waals surface area contributed by atoms with Crippen molar-refractivity contribution >= 4 is 34.9 Å². The average Bonchev–Trinajstić information content (AvgIpc) is 2.65. The predicted molar refractivity (Wildman–Crippen MR) is 71.3 cm³/mol. The molecule has 84 valence electrons. The third-order valence-electron chi connectivity index (χ3n) is 2.57. The molecule has 5 heteroatoms. The van der Waals surface area contributed by atoms with Crippen LogP contribution in [0.3, 0.4) is 0 Å². The van der Waals surface area contributed by atoms with Crippen LogP contribution in [0.5, 0.6) is 0 Å². The van der Waals surface area contributed by atoms with Gasteiger partial charge < -0.3 is 4.98 Å². The second-order valence-corrected chi connectivity index (χ2v) is 4.46. The molecule has 0 saturated carbocycles. The fourth-order valence-corrected chi connectivity index (χ4v) is 2.31. The van der Waals surface area contributed by atoms with E-state index in [1.807, 2.05) is 34.9 Å². The van der Waals surface area contributed by atoms with E-state index < -0.39 is 0 Å². The van der Waals surface area contributed by atoms with Crippen LogP contribution >= 0.6 is 23.8 Å². The van der Waals surface area contributed by atoms with Crippen LogP contribution in [0.4, 0.5) is 0 Å². The van der Waals surface area contributed by atoms with Gasteiger partial charge in [0.2, 0.25) is 0 Å². The second-order valence-electron chi connectivity index (χ2n) is 3.63. The maximum Gasteiger partial charge on any atom is 0.182 e. The van der Waals surface area contributed by atoms with Crippen molar-refractivity contribution in [2.24, 2.45) is 0 Å². The van der Waals surface area contributed by atoms with Crippen LogP contribution in [0.25, 0.3) is 16.7 Å². The van der Waals surface area contributed by atoms with E-state index in [2.05, 4.69) is 9.97 Å². The summed E-state index contributed by atoms with van der Waals surface area (Å²) in [5, 5.41) is 0.689. The van der Waals surface area contributed by atoms with E-state index in [0.717, 1.165) is 16.7 Å². The first-order valence-corrected chi connectivity index (χ1v) is 5.85. The zero-order valence-corrected chi connectivity index (χ0v) is 10.3. The fraction of sp³-hybridized carbons (Fsp3) is 0. The van der Waals surface area contributed by atoms with Crippen LogP contribution in [0.15, 0.2) is 42.7 Å². The minimum absolute atomic E-state index is 0.647. The van der Waals surface area contributed by atoms with Crippen molar-refractivity contribution in [3.63, 3.8) is 0 Å². The SMILES string of the molecule is S=c1[nH]c2ccc(Cl)cc2n1-c1ccncc1. The van der Waals surface area contributed by atoms with Gasteiger partial charge in [-0.1, -0.05) is 11.6 Å². The van der Waals surface area contributed by atoms with E-state index in [1.54, 1.807) is 12.4 Å². The normalized spacial score (nSPS) is 10.9. The Kier molecular flexibility index (Phi) is 2.46. The van der Waals surface area contributed by atoms with E-state index in [1.165, 1.54) is 0 Å². The lowest BCUT2D eigenvalue weighted by molar-refractivity contribution is 1.06. The maximum absolute atomic E-state index is 6.01. The smallest absolute Gasteiger partial charge is 0.182 e. The van der Waals surface area contributed by atoms with Crippen LogP contribution in [-0.4, -0.2) is 14.5 Å². The molecule has 2 aromatic heterocycles. The molecule has 0 bridgehead atoms. The van der Waals surface area contributed by atoms with E-state index in [0.29, 0.717) is 9.79 Å². The van der Waals surface area contributed by atoms with Crippen molar-refractivity contribution < 1.29 is 0 Å². The molecule has 0 aliphatic rings. The third kappa shape index (κ3) is 1.75. The Labute approximate surface area is 108 Å². The molecule has 0 fully saturated rings. The molecule has 1 aromatic carbocycles. The molecule has 0 radical (unpaired) electrons. The Morgan fingerprint density at radius 1 is 1.18 bits per heavy atom.